The predicted octanol–water partition coefficient (Wildman–Crippen LogP) is 8.62. The molecule has 0 radical (unpaired) electrons. The van der Waals surface area contributed by atoms with Crippen molar-refractivity contribution in [3.63, 3.8) is 0 Å². The second-order valence-electron chi connectivity index (χ2n) is 7.32. The van der Waals surface area contributed by atoms with E-state index in [1.54, 1.807) is 0 Å². The average molecular weight is 473 g/mol. The molecule has 0 N–H and O–H groups in total. The van der Waals surface area contributed by atoms with Crippen molar-refractivity contribution >= 4 is 31.6 Å². The van der Waals surface area contributed by atoms with E-state index in [4.69, 9.17) is 4.74 Å². The van der Waals surface area contributed by atoms with Crippen LogP contribution in [0.15, 0.2) is 157 Å². The van der Waals surface area contributed by atoms with Crippen molar-refractivity contribution in [1.82, 2.24) is 0 Å². The topological polar surface area (TPSA) is 9.23 Å². The summed E-state index contributed by atoms with van der Waals surface area (Å²) in [6.07, 6.45) is 2.14. The van der Waals surface area contributed by atoms with Crippen molar-refractivity contribution in [2.75, 3.05) is 0 Å². The van der Waals surface area contributed by atoms with Crippen LogP contribution in [0.3, 0.4) is 0 Å². The van der Waals surface area contributed by atoms with Crippen LogP contribution in [0.25, 0.3) is 0 Å². The van der Waals surface area contributed by atoms with Gasteiger partial charge in [-0.2, -0.15) is 9.93 Å². The zero-order valence-electron chi connectivity index (χ0n) is 17.4. The van der Waals surface area contributed by atoms with Crippen molar-refractivity contribution in [3.8, 4) is 5.75 Å². The van der Waals surface area contributed by atoms with Gasteiger partial charge in [0.1, 0.15) is 11.5 Å². The summed E-state index contributed by atoms with van der Waals surface area (Å²) in [5.41, 5.74) is 0. The maximum Gasteiger partial charge on any atom is 0.133 e. The van der Waals surface area contributed by atoms with Crippen LogP contribution in [0.1, 0.15) is 0 Å². The molecule has 0 amide bonds. The minimum Gasteiger partial charge on any atom is -0.457 e. The van der Waals surface area contributed by atoms with E-state index in [9.17, 15) is 0 Å². The maximum atomic E-state index is 6.23. The van der Waals surface area contributed by atoms with E-state index in [0.29, 0.717) is 0 Å². The second-order valence-corrected chi connectivity index (χ2v) is 14.6. The monoisotopic (exact) mass is 472 g/mol. The number of ether oxygens (including phenoxy) is 1. The van der Waals surface area contributed by atoms with Gasteiger partial charge in [0.25, 0.3) is 0 Å². The lowest BCUT2D eigenvalue weighted by Crippen LogP contribution is -2.02. The Morgan fingerprint density at radius 3 is 1.53 bits per heavy atom. The van der Waals surface area contributed by atoms with Gasteiger partial charge in [-0.15, -0.1) is 21.7 Å². The lowest BCUT2D eigenvalue weighted by atomic mass is 10.3. The number of hydrogen-bond acceptors (Lipinski definition) is 2. The van der Waals surface area contributed by atoms with Gasteiger partial charge in [0.15, 0.2) is 0 Å². The third-order valence-electron chi connectivity index (χ3n) is 5.28. The Balaban J connectivity index is 1.66. The number of rotatable bonds is 6. The van der Waals surface area contributed by atoms with Gasteiger partial charge in [-0.05, 0) is 72.1 Å². The van der Waals surface area contributed by atoms with Crippen LogP contribution in [0.4, 0.5) is 0 Å². The number of allylic oxidation sites excluding steroid dienone is 1. The molecule has 4 aromatic carbocycles. The molecule has 1 aliphatic heterocycles. The van der Waals surface area contributed by atoms with Crippen LogP contribution in [-0.2, 0) is 0 Å². The van der Waals surface area contributed by atoms with Gasteiger partial charge in [-0.25, -0.2) is 0 Å². The number of hydrogen-bond donors (Lipinski definition) is 2. The molecule has 0 spiro atoms. The fourth-order valence-electron chi connectivity index (χ4n) is 3.87. The quantitative estimate of drug-likeness (QED) is 0.211. The van der Waals surface area contributed by atoms with E-state index in [-0.39, 0.29) is 0 Å². The predicted molar refractivity (Wildman–Crippen MR) is 142 cm³/mol. The SMILES string of the molecule is Sc1ccc(OC2=C[SH](S(c3ccccc3)(c3ccccc3)c3ccccc3)C=C2)cc1. The Morgan fingerprint density at radius 1 is 0.594 bits per heavy atom. The first-order valence-electron chi connectivity index (χ1n) is 10.4. The molecule has 0 saturated carbocycles. The molecule has 160 valence electrons. The Bertz CT molecular complexity index is 1140. The van der Waals surface area contributed by atoms with Crippen molar-refractivity contribution in [3.05, 3.63) is 138 Å². The minimum absolute atomic E-state index is 0.663. The van der Waals surface area contributed by atoms with E-state index < -0.39 is 19.0 Å². The van der Waals surface area contributed by atoms with E-state index in [0.717, 1.165) is 16.4 Å². The van der Waals surface area contributed by atoms with Crippen LogP contribution in [0.5, 0.6) is 5.75 Å². The second kappa shape index (κ2) is 9.37. The molecule has 1 atom stereocenters. The first-order chi connectivity index (χ1) is 15.8. The Kier molecular flexibility index (Phi) is 6.17. The van der Waals surface area contributed by atoms with E-state index in [1.807, 2.05) is 24.3 Å². The molecule has 0 aliphatic carbocycles. The van der Waals surface area contributed by atoms with Gasteiger partial charge in [0.05, 0.1) is 0 Å². The molecular weight excluding hydrogens is 449 g/mol. The van der Waals surface area contributed by atoms with Gasteiger partial charge in [-0.1, -0.05) is 54.6 Å². The van der Waals surface area contributed by atoms with E-state index in [1.165, 1.54) is 14.7 Å². The van der Waals surface area contributed by atoms with Gasteiger partial charge >= 0.3 is 0 Å². The zero-order chi connectivity index (χ0) is 21.8. The Hall–Kier alpha value is -2.79. The molecule has 0 aromatic heterocycles. The third kappa shape index (κ3) is 4.02. The summed E-state index contributed by atoms with van der Waals surface area (Å²) >= 11 is 4.38. The molecular formula is C28H24OS3. The van der Waals surface area contributed by atoms with Gasteiger partial charge in [0, 0.05) is 25.0 Å². The Labute approximate surface area is 198 Å². The molecule has 5 rings (SSSR count). The largest absolute Gasteiger partial charge is 0.457 e. The highest BCUT2D eigenvalue weighted by Crippen LogP contribution is 2.85. The number of thiol groups is 2. The molecule has 1 nitrogen and oxygen atoms in total. The van der Waals surface area contributed by atoms with Gasteiger partial charge in [-0.3, -0.25) is 0 Å². The van der Waals surface area contributed by atoms with E-state index >= 15 is 0 Å². The van der Waals surface area contributed by atoms with Gasteiger partial charge in [0.2, 0.25) is 0 Å². The van der Waals surface area contributed by atoms with Crippen LogP contribution in [-0.4, -0.2) is 0 Å². The highest BCUT2D eigenvalue weighted by atomic mass is 33.2. The fourth-order valence-corrected chi connectivity index (χ4v) is 13.1. The summed E-state index contributed by atoms with van der Waals surface area (Å²) in [6, 6.07) is 40.7. The lowest BCUT2D eigenvalue weighted by molar-refractivity contribution is 0.446. The van der Waals surface area contributed by atoms with Crippen LogP contribution < -0.4 is 4.74 Å². The molecule has 1 unspecified atom stereocenters. The highest BCUT2D eigenvalue weighted by Gasteiger charge is 2.36. The maximum absolute atomic E-state index is 6.23. The summed E-state index contributed by atoms with van der Waals surface area (Å²) in [5, 5.41) is 4.70. The van der Waals surface area contributed by atoms with E-state index in [2.05, 4.69) is 121 Å². The normalized spacial score (nSPS) is 17.0. The summed E-state index contributed by atoms with van der Waals surface area (Å²) < 4.78 is 6.23. The fraction of sp³-hybridized carbons (Fsp3) is 0. The molecule has 4 heteroatoms. The van der Waals surface area contributed by atoms with Crippen molar-refractivity contribution < 1.29 is 4.74 Å². The standard InChI is InChI=1S/C28H24OS3/c30-25-18-16-23(17-19-25)29-24-20-21-31(22-24)32(26-10-4-1-5-11-26,27-12-6-2-7-13-27)28-14-8-3-9-15-28/h1-22,30-31H. The Morgan fingerprint density at radius 2 is 1.06 bits per heavy atom. The molecule has 4 aromatic rings. The van der Waals surface area contributed by atoms with Crippen molar-refractivity contribution in [2.45, 2.75) is 19.6 Å². The first kappa shape index (κ1) is 21.1. The van der Waals surface area contributed by atoms with Crippen molar-refractivity contribution in [1.29, 1.82) is 0 Å². The van der Waals surface area contributed by atoms with Crippen LogP contribution in [0, 0.1) is 0 Å². The zero-order valence-corrected chi connectivity index (χ0v) is 20.0. The third-order valence-corrected chi connectivity index (χ3v) is 14.5. The molecule has 1 heterocycles. The highest BCUT2D eigenvalue weighted by molar-refractivity contribution is 9.03. The molecule has 32 heavy (non-hydrogen) atoms. The summed E-state index contributed by atoms with van der Waals surface area (Å²) in [7, 11) is -2.20. The van der Waals surface area contributed by atoms with Crippen LogP contribution >= 0.6 is 31.6 Å². The molecule has 0 saturated heterocycles. The summed E-state index contributed by atoms with van der Waals surface area (Å²) in [5.74, 6) is 1.73. The number of benzene rings is 4. The van der Waals surface area contributed by atoms with Crippen LogP contribution in [0.2, 0.25) is 0 Å². The summed E-state index contributed by atoms with van der Waals surface area (Å²) in [6.45, 7) is 0. The lowest BCUT2D eigenvalue weighted by Gasteiger charge is -2.47. The molecule has 0 bridgehead atoms. The summed E-state index contributed by atoms with van der Waals surface area (Å²) in [4.78, 5) is 5.02. The first-order valence-corrected chi connectivity index (χ1v) is 14.6. The van der Waals surface area contributed by atoms with Gasteiger partial charge < -0.3 is 4.74 Å². The smallest absolute Gasteiger partial charge is 0.133 e. The van der Waals surface area contributed by atoms with Crippen molar-refractivity contribution in [2.24, 2.45) is 0 Å². The molecule has 1 aliphatic rings. The minimum atomic E-state index is -1.53. The average Bonchev–Trinajstić information content (AvgIpc) is 3.32. The molecule has 0 fully saturated rings.